The summed E-state index contributed by atoms with van der Waals surface area (Å²) < 4.78 is 0. The summed E-state index contributed by atoms with van der Waals surface area (Å²) in [5.41, 5.74) is 0.908. The Bertz CT molecular complexity index is 912. The van der Waals surface area contributed by atoms with Gasteiger partial charge >= 0.3 is 6.03 Å². The second-order valence-corrected chi connectivity index (χ2v) is 9.20. The molecule has 1 aromatic heterocycles. The van der Waals surface area contributed by atoms with Gasteiger partial charge in [0.1, 0.15) is 11.3 Å². The Hall–Kier alpha value is -2.09. The molecule has 0 bridgehead atoms. The van der Waals surface area contributed by atoms with Crippen molar-refractivity contribution in [3.8, 4) is 5.75 Å². The molecule has 0 unspecified atom stereocenters. The van der Waals surface area contributed by atoms with Gasteiger partial charge in [-0.2, -0.15) is 11.3 Å². The van der Waals surface area contributed by atoms with Gasteiger partial charge < -0.3 is 10.4 Å². The maximum absolute atomic E-state index is 13.1. The van der Waals surface area contributed by atoms with Crippen molar-refractivity contribution in [2.45, 2.75) is 38.4 Å². The van der Waals surface area contributed by atoms with Gasteiger partial charge in [-0.05, 0) is 79.4 Å². The van der Waals surface area contributed by atoms with E-state index in [0.29, 0.717) is 18.1 Å². The molecule has 0 aliphatic carbocycles. The smallest absolute Gasteiger partial charge is 0.325 e. The highest BCUT2D eigenvalue weighted by atomic mass is 35.5. The number of likely N-dealkylation sites (tertiary alicyclic amines) is 1. The van der Waals surface area contributed by atoms with Crippen LogP contribution in [0.5, 0.6) is 5.75 Å². The van der Waals surface area contributed by atoms with Crippen molar-refractivity contribution in [1.29, 1.82) is 0 Å². The largest absolute Gasteiger partial charge is 0.508 e. The standard InChI is InChI=1S/C21H24ClN3O3S/c1-21(19(27)25(20(28)23-21)11-14-6-9-29-13-14)16-4-7-24(8-5-16)12-15-10-17(22)2-3-18(15)26/h2-3,6,9-10,13,16,26H,4-5,7-8,11-12H2,1H3,(H,23,28)/t21-/m0/s1. The number of hydrogen-bond acceptors (Lipinski definition) is 5. The zero-order chi connectivity index (χ0) is 20.6. The number of benzene rings is 1. The van der Waals surface area contributed by atoms with E-state index in [1.54, 1.807) is 29.5 Å². The van der Waals surface area contributed by atoms with Gasteiger partial charge in [-0.25, -0.2) is 4.79 Å². The number of phenols is 1. The summed E-state index contributed by atoms with van der Waals surface area (Å²) in [6, 6.07) is 6.69. The SMILES string of the molecule is C[C@@]1(C2CCN(Cc3cc(Cl)ccc3O)CC2)NC(=O)N(Cc2ccsc2)C1=O. The second-order valence-electron chi connectivity index (χ2n) is 7.98. The quantitative estimate of drug-likeness (QED) is 0.703. The van der Waals surface area contributed by atoms with Gasteiger partial charge in [0.25, 0.3) is 5.91 Å². The van der Waals surface area contributed by atoms with Crippen molar-refractivity contribution < 1.29 is 14.7 Å². The highest BCUT2D eigenvalue weighted by molar-refractivity contribution is 7.07. The Morgan fingerprint density at radius 3 is 2.69 bits per heavy atom. The summed E-state index contributed by atoms with van der Waals surface area (Å²) in [5, 5.41) is 17.5. The minimum Gasteiger partial charge on any atom is -0.508 e. The van der Waals surface area contributed by atoms with Crippen LogP contribution >= 0.6 is 22.9 Å². The zero-order valence-corrected chi connectivity index (χ0v) is 17.8. The number of amides is 3. The van der Waals surface area contributed by atoms with E-state index >= 15 is 0 Å². The number of urea groups is 1. The van der Waals surface area contributed by atoms with Crippen molar-refractivity contribution in [2.75, 3.05) is 13.1 Å². The van der Waals surface area contributed by atoms with E-state index in [0.717, 1.165) is 37.1 Å². The summed E-state index contributed by atoms with van der Waals surface area (Å²) in [7, 11) is 0. The van der Waals surface area contributed by atoms with Gasteiger partial charge in [-0.15, -0.1) is 0 Å². The third-order valence-corrected chi connectivity index (χ3v) is 7.03. The minimum absolute atomic E-state index is 0.0793. The van der Waals surface area contributed by atoms with E-state index in [1.165, 1.54) is 4.90 Å². The molecule has 2 fully saturated rings. The first-order valence-corrected chi connectivity index (χ1v) is 11.0. The molecule has 3 amide bonds. The number of thiophene rings is 1. The lowest BCUT2D eigenvalue weighted by molar-refractivity contribution is -0.133. The van der Waals surface area contributed by atoms with E-state index < -0.39 is 5.54 Å². The molecule has 0 saturated carbocycles. The molecule has 2 aliphatic heterocycles. The van der Waals surface area contributed by atoms with Crippen LogP contribution in [0.3, 0.4) is 0 Å². The fourth-order valence-corrected chi connectivity index (χ4v) is 5.15. The lowest BCUT2D eigenvalue weighted by Gasteiger charge is -2.39. The highest BCUT2D eigenvalue weighted by Crippen LogP contribution is 2.35. The predicted octanol–water partition coefficient (Wildman–Crippen LogP) is 3.83. The lowest BCUT2D eigenvalue weighted by Crippen LogP contribution is -2.53. The van der Waals surface area contributed by atoms with Crippen LogP contribution in [0.1, 0.15) is 30.9 Å². The van der Waals surface area contributed by atoms with Crippen LogP contribution in [0, 0.1) is 5.92 Å². The molecule has 2 aromatic rings. The number of piperidine rings is 1. The molecule has 2 saturated heterocycles. The number of nitrogens with zero attached hydrogens (tertiary/aromatic N) is 2. The molecular formula is C21H24ClN3O3S. The number of imide groups is 1. The number of hydrogen-bond donors (Lipinski definition) is 2. The summed E-state index contributed by atoms with van der Waals surface area (Å²) in [6.07, 6.45) is 1.60. The molecule has 6 nitrogen and oxygen atoms in total. The fraction of sp³-hybridized carbons (Fsp3) is 0.429. The lowest BCUT2D eigenvalue weighted by atomic mass is 9.79. The summed E-state index contributed by atoms with van der Waals surface area (Å²) in [4.78, 5) is 29.2. The number of phenolic OH excluding ortho intramolecular Hbond substituents is 1. The molecule has 1 atom stereocenters. The number of rotatable bonds is 5. The molecule has 2 N–H and O–H groups in total. The Balaban J connectivity index is 1.39. The molecule has 8 heteroatoms. The molecule has 3 heterocycles. The zero-order valence-electron chi connectivity index (χ0n) is 16.2. The van der Waals surface area contributed by atoms with Gasteiger partial charge in [-0.1, -0.05) is 11.6 Å². The molecule has 0 radical (unpaired) electrons. The topological polar surface area (TPSA) is 72.9 Å². The molecule has 1 aromatic carbocycles. The fourth-order valence-electron chi connectivity index (χ4n) is 4.29. The molecule has 0 spiro atoms. The normalized spacial score (nSPS) is 23.6. The number of aromatic hydroxyl groups is 1. The van der Waals surface area contributed by atoms with Crippen LogP contribution in [0.15, 0.2) is 35.0 Å². The van der Waals surface area contributed by atoms with Crippen LogP contribution in [-0.2, 0) is 17.9 Å². The predicted molar refractivity (Wildman–Crippen MR) is 113 cm³/mol. The second kappa shape index (κ2) is 7.97. The van der Waals surface area contributed by atoms with Crippen molar-refractivity contribution in [1.82, 2.24) is 15.1 Å². The van der Waals surface area contributed by atoms with Gasteiger partial charge in [0, 0.05) is 17.1 Å². The highest BCUT2D eigenvalue weighted by Gasteiger charge is 2.52. The minimum atomic E-state index is -0.864. The van der Waals surface area contributed by atoms with Gasteiger partial charge in [0.05, 0.1) is 6.54 Å². The van der Waals surface area contributed by atoms with E-state index in [1.807, 2.05) is 23.8 Å². The maximum Gasteiger partial charge on any atom is 0.325 e. The Kier molecular flexibility index (Phi) is 5.55. The Labute approximate surface area is 179 Å². The van der Waals surface area contributed by atoms with Crippen LogP contribution in [0.2, 0.25) is 5.02 Å². The summed E-state index contributed by atoms with van der Waals surface area (Å²) >= 11 is 7.60. The van der Waals surface area contributed by atoms with Crippen molar-refractivity contribution in [3.05, 3.63) is 51.2 Å². The number of carbonyl (C=O) groups is 2. The summed E-state index contributed by atoms with van der Waals surface area (Å²) in [5.74, 6) is 0.182. The van der Waals surface area contributed by atoms with E-state index in [2.05, 4.69) is 10.2 Å². The molecular weight excluding hydrogens is 410 g/mol. The van der Waals surface area contributed by atoms with Gasteiger partial charge in [-0.3, -0.25) is 14.6 Å². The van der Waals surface area contributed by atoms with Gasteiger partial charge in [0.15, 0.2) is 0 Å². The first kappa shape index (κ1) is 20.2. The van der Waals surface area contributed by atoms with Crippen LogP contribution in [-0.4, -0.2) is 45.5 Å². The Morgan fingerprint density at radius 1 is 1.24 bits per heavy atom. The van der Waals surface area contributed by atoms with Crippen molar-refractivity contribution >= 4 is 34.9 Å². The molecule has 29 heavy (non-hydrogen) atoms. The first-order chi connectivity index (χ1) is 13.9. The third-order valence-electron chi connectivity index (χ3n) is 6.06. The number of halogens is 1. The van der Waals surface area contributed by atoms with Crippen LogP contribution < -0.4 is 5.32 Å². The van der Waals surface area contributed by atoms with Crippen LogP contribution in [0.25, 0.3) is 0 Å². The molecule has 4 rings (SSSR count). The molecule has 2 aliphatic rings. The van der Waals surface area contributed by atoms with Crippen LogP contribution in [0.4, 0.5) is 4.79 Å². The first-order valence-electron chi connectivity index (χ1n) is 9.72. The maximum atomic E-state index is 13.1. The average molecular weight is 434 g/mol. The van der Waals surface area contributed by atoms with Crippen molar-refractivity contribution in [2.24, 2.45) is 5.92 Å². The average Bonchev–Trinajstić information content (AvgIpc) is 3.28. The number of nitrogens with one attached hydrogen (secondary N) is 1. The molecule has 154 valence electrons. The van der Waals surface area contributed by atoms with E-state index in [4.69, 9.17) is 11.6 Å². The number of carbonyl (C=O) groups excluding carboxylic acids is 2. The van der Waals surface area contributed by atoms with Crippen molar-refractivity contribution in [3.63, 3.8) is 0 Å². The third kappa shape index (κ3) is 3.99. The Morgan fingerprint density at radius 2 is 2.00 bits per heavy atom. The van der Waals surface area contributed by atoms with E-state index in [9.17, 15) is 14.7 Å². The summed E-state index contributed by atoms with van der Waals surface area (Å²) in [6.45, 7) is 4.36. The monoisotopic (exact) mass is 433 g/mol. The van der Waals surface area contributed by atoms with Gasteiger partial charge in [0.2, 0.25) is 0 Å². The van der Waals surface area contributed by atoms with E-state index in [-0.39, 0.29) is 23.6 Å².